The summed E-state index contributed by atoms with van der Waals surface area (Å²) in [6, 6.07) is 37.9. The number of rotatable bonds is 7. The van der Waals surface area contributed by atoms with Crippen LogP contribution in [-0.2, 0) is 11.1 Å². The number of nitrogens with zero attached hydrogens (tertiary/aromatic N) is 6. The van der Waals surface area contributed by atoms with Crippen LogP contribution in [0.5, 0.6) is 0 Å². The highest BCUT2D eigenvalue weighted by Crippen LogP contribution is 2.55. The Morgan fingerprint density at radius 1 is 0.406 bits per heavy atom. The molecule has 4 rings (SSSR count). The third-order valence-corrected chi connectivity index (χ3v) is 5.68. The van der Waals surface area contributed by atoms with E-state index < -0.39 is 11.1 Å². The van der Waals surface area contributed by atoms with Gasteiger partial charge in [0.05, 0.1) is 0 Å². The molecule has 0 saturated carbocycles. The van der Waals surface area contributed by atoms with Crippen LogP contribution < -0.4 is 0 Å². The fourth-order valence-corrected chi connectivity index (χ4v) is 4.40. The van der Waals surface area contributed by atoms with Gasteiger partial charge in [-0.15, -0.1) is 0 Å². The van der Waals surface area contributed by atoms with Crippen molar-refractivity contribution in [2.45, 2.75) is 11.1 Å². The van der Waals surface area contributed by atoms with Crippen molar-refractivity contribution in [3.63, 3.8) is 0 Å². The maximum atomic E-state index is 9.87. The summed E-state index contributed by atoms with van der Waals surface area (Å²) in [5.74, 6) is 0. The largest absolute Gasteiger partial charge is 0.118 e. The minimum Gasteiger partial charge on any atom is -0.0763 e. The van der Waals surface area contributed by atoms with Crippen molar-refractivity contribution in [1.29, 1.82) is 0 Å². The third kappa shape index (κ3) is 3.26. The lowest BCUT2D eigenvalue weighted by Gasteiger charge is -2.46. The molecule has 0 spiro atoms. The number of hydrogen-bond acceptors (Lipinski definition) is 2. The predicted octanol–water partition coefficient (Wildman–Crippen LogP) is 7.49. The average Bonchev–Trinajstić information content (AvgIpc) is 2.88. The van der Waals surface area contributed by atoms with Crippen LogP contribution >= 0.6 is 0 Å². The molecule has 4 aromatic carbocycles. The molecule has 0 fully saturated rings. The molecule has 0 bridgehead atoms. The molecule has 0 atom stereocenters. The molecule has 0 saturated heterocycles. The summed E-state index contributed by atoms with van der Waals surface area (Å²) in [5, 5.41) is 8.91. The molecule has 0 aliphatic rings. The van der Waals surface area contributed by atoms with Gasteiger partial charge in [0, 0.05) is 9.82 Å². The summed E-state index contributed by atoms with van der Waals surface area (Å²) in [7, 11) is 0. The molecule has 154 valence electrons. The lowest BCUT2D eigenvalue weighted by atomic mass is 9.62. The first-order valence-electron chi connectivity index (χ1n) is 10.1. The maximum absolute atomic E-state index is 9.87. The molecule has 0 radical (unpaired) electrons. The van der Waals surface area contributed by atoms with E-state index >= 15 is 0 Å². The lowest BCUT2D eigenvalue weighted by Crippen LogP contribution is -2.48. The third-order valence-electron chi connectivity index (χ3n) is 5.68. The normalized spacial score (nSPS) is 11.1. The maximum Gasteiger partial charge on any atom is 0.118 e. The monoisotopic (exact) mass is 416 g/mol. The van der Waals surface area contributed by atoms with Gasteiger partial charge in [0.1, 0.15) is 11.1 Å². The Balaban J connectivity index is 2.29. The summed E-state index contributed by atoms with van der Waals surface area (Å²) in [4.78, 5) is 6.60. The average molecular weight is 416 g/mol. The SMILES string of the molecule is [N-]=[N+]=NC(c1ccccc1)(c1ccccc1)C(N=[N+]=[N-])(c1ccccc1)c1ccccc1. The zero-order chi connectivity index (χ0) is 22.3. The summed E-state index contributed by atoms with van der Waals surface area (Å²) in [5.41, 5.74) is 19.8. The number of benzene rings is 4. The quantitative estimate of drug-likeness (QED) is 0.169. The Hall–Kier alpha value is -4.50. The molecule has 0 aromatic heterocycles. The van der Waals surface area contributed by atoms with Crippen LogP contribution in [0.25, 0.3) is 20.9 Å². The first-order valence-corrected chi connectivity index (χ1v) is 10.1. The minimum atomic E-state index is -1.40. The second-order valence-corrected chi connectivity index (χ2v) is 7.26. The van der Waals surface area contributed by atoms with Crippen molar-refractivity contribution >= 4 is 0 Å². The van der Waals surface area contributed by atoms with Crippen LogP contribution in [0.15, 0.2) is 132 Å². The van der Waals surface area contributed by atoms with Gasteiger partial charge in [0.15, 0.2) is 0 Å². The molecule has 0 amide bonds. The summed E-state index contributed by atoms with van der Waals surface area (Å²) in [6.07, 6.45) is 0. The van der Waals surface area contributed by atoms with Gasteiger partial charge in [-0.05, 0) is 33.3 Å². The van der Waals surface area contributed by atoms with E-state index in [-0.39, 0.29) is 0 Å². The van der Waals surface area contributed by atoms with Crippen molar-refractivity contribution in [1.82, 2.24) is 0 Å². The Bertz CT molecular complexity index is 1080. The van der Waals surface area contributed by atoms with Gasteiger partial charge in [-0.2, -0.15) is 0 Å². The van der Waals surface area contributed by atoms with E-state index in [2.05, 4.69) is 20.1 Å². The fourth-order valence-electron chi connectivity index (χ4n) is 4.40. The van der Waals surface area contributed by atoms with E-state index in [0.717, 1.165) is 0 Å². The Labute approximate surface area is 186 Å². The molecule has 6 heteroatoms. The van der Waals surface area contributed by atoms with Crippen molar-refractivity contribution in [3.05, 3.63) is 164 Å². The molecule has 32 heavy (non-hydrogen) atoms. The molecule has 0 aliphatic heterocycles. The molecule has 0 aliphatic carbocycles. The van der Waals surface area contributed by atoms with Crippen molar-refractivity contribution in [3.8, 4) is 0 Å². The van der Waals surface area contributed by atoms with Crippen molar-refractivity contribution < 1.29 is 0 Å². The van der Waals surface area contributed by atoms with Crippen LogP contribution in [0.3, 0.4) is 0 Å². The highest BCUT2D eigenvalue weighted by atomic mass is 15.3. The molecular weight excluding hydrogens is 396 g/mol. The van der Waals surface area contributed by atoms with Crippen molar-refractivity contribution in [2.24, 2.45) is 10.2 Å². The lowest BCUT2D eigenvalue weighted by molar-refractivity contribution is 0.322. The Kier molecular flexibility index (Phi) is 5.91. The second-order valence-electron chi connectivity index (χ2n) is 7.26. The minimum absolute atomic E-state index is 0.712. The smallest absolute Gasteiger partial charge is 0.0763 e. The summed E-state index contributed by atoms with van der Waals surface area (Å²) >= 11 is 0. The number of hydrogen-bond donors (Lipinski definition) is 0. The van der Waals surface area contributed by atoms with Gasteiger partial charge in [0.25, 0.3) is 0 Å². The van der Waals surface area contributed by atoms with E-state index in [9.17, 15) is 11.1 Å². The topological polar surface area (TPSA) is 97.5 Å². The van der Waals surface area contributed by atoms with Gasteiger partial charge in [0.2, 0.25) is 0 Å². The van der Waals surface area contributed by atoms with Gasteiger partial charge in [-0.1, -0.05) is 132 Å². The highest BCUT2D eigenvalue weighted by molar-refractivity contribution is 5.54. The standard InChI is InChI=1S/C26H20N6/c27-31-29-25(21-13-5-1-6-14-21,22-15-7-2-8-16-22)26(30-32-28,23-17-9-3-10-18-23)24-19-11-4-12-20-24/h1-20H. The first kappa shape index (κ1) is 20.8. The Morgan fingerprint density at radius 3 is 0.812 bits per heavy atom. The Morgan fingerprint density at radius 2 is 0.625 bits per heavy atom. The van der Waals surface area contributed by atoms with E-state index in [1.807, 2.05) is 121 Å². The second kappa shape index (κ2) is 9.11. The molecule has 0 unspecified atom stereocenters. The van der Waals surface area contributed by atoms with E-state index in [4.69, 9.17) is 0 Å². The van der Waals surface area contributed by atoms with Crippen LogP contribution in [-0.4, -0.2) is 0 Å². The van der Waals surface area contributed by atoms with Gasteiger partial charge in [-0.25, -0.2) is 0 Å². The molecule has 0 heterocycles. The molecular formula is C26H20N6. The highest BCUT2D eigenvalue weighted by Gasteiger charge is 2.55. The van der Waals surface area contributed by atoms with Crippen LogP contribution in [0.2, 0.25) is 0 Å². The van der Waals surface area contributed by atoms with E-state index in [1.165, 1.54) is 0 Å². The first-order chi connectivity index (χ1) is 15.8. The van der Waals surface area contributed by atoms with Crippen LogP contribution in [0.4, 0.5) is 0 Å². The van der Waals surface area contributed by atoms with E-state index in [0.29, 0.717) is 22.3 Å². The fraction of sp³-hybridized carbons (Fsp3) is 0.0769. The molecule has 0 N–H and O–H groups in total. The molecule has 4 aromatic rings. The summed E-state index contributed by atoms with van der Waals surface area (Å²) < 4.78 is 0. The summed E-state index contributed by atoms with van der Waals surface area (Å²) in [6.45, 7) is 0. The zero-order valence-electron chi connectivity index (χ0n) is 17.2. The van der Waals surface area contributed by atoms with Crippen molar-refractivity contribution in [2.75, 3.05) is 0 Å². The predicted molar refractivity (Wildman–Crippen MR) is 126 cm³/mol. The van der Waals surface area contributed by atoms with Gasteiger partial charge < -0.3 is 0 Å². The van der Waals surface area contributed by atoms with Crippen LogP contribution in [0.1, 0.15) is 22.3 Å². The van der Waals surface area contributed by atoms with Crippen LogP contribution in [0, 0.1) is 0 Å². The number of azide groups is 2. The van der Waals surface area contributed by atoms with E-state index in [1.54, 1.807) is 0 Å². The van der Waals surface area contributed by atoms with Gasteiger partial charge >= 0.3 is 0 Å². The zero-order valence-corrected chi connectivity index (χ0v) is 17.2. The van der Waals surface area contributed by atoms with Gasteiger partial charge in [-0.3, -0.25) is 0 Å². The molecule has 6 nitrogen and oxygen atoms in total.